The van der Waals surface area contributed by atoms with Gasteiger partial charge in [-0.3, -0.25) is 0 Å². The van der Waals surface area contributed by atoms with Crippen LogP contribution in [0.3, 0.4) is 0 Å². The summed E-state index contributed by atoms with van der Waals surface area (Å²) < 4.78 is 0. The van der Waals surface area contributed by atoms with Crippen molar-refractivity contribution < 1.29 is 5.11 Å². The molecular weight excluding hydrogens is 186 g/mol. The summed E-state index contributed by atoms with van der Waals surface area (Å²) in [5, 5.41) is 12.5. The first kappa shape index (κ1) is 12.2. The zero-order valence-electron chi connectivity index (χ0n) is 9.83. The molecule has 2 nitrogen and oxygen atoms in total. The Balaban J connectivity index is 2.47. The van der Waals surface area contributed by atoms with Crippen LogP contribution >= 0.6 is 0 Å². The highest BCUT2D eigenvalue weighted by Gasteiger charge is 2.16. The van der Waals surface area contributed by atoms with E-state index in [1.807, 2.05) is 19.9 Å². The lowest BCUT2D eigenvalue weighted by Crippen LogP contribution is -2.44. The summed E-state index contributed by atoms with van der Waals surface area (Å²) in [7, 11) is 0. The van der Waals surface area contributed by atoms with E-state index in [0.717, 1.165) is 6.54 Å². The van der Waals surface area contributed by atoms with Crippen molar-refractivity contribution in [3.05, 3.63) is 35.9 Å². The molecule has 1 aromatic rings. The molecule has 0 aromatic heterocycles. The second-order valence-electron chi connectivity index (χ2n) is 4.73. The third kappa shape index (κ3) is 4.02. The Labute approximate surface area is 92.3 Å². The maximum Gasteiger partial charge on any atom is 0.0607 e. The van der Waals surface area contributed by atoms with Gasteiger partial charge in [-0.1, -0.05) is 37.3 Å². The largest absolute Gasteiger partial charge is 0.394 e. The molecule has 15 heavy (non-hydrogen) atoms. The van der Waals surface area contributed by atoms with E-state index in [1.165, 1.54) is 5.56 Å². The highest BCUT2D eigenvalue weighted by atomic mass is 16.3. The molecule has 0 aliphatic heterocycles. The van der Waals surface area contributed by atoms with E-state index in [4.69, 9.17) is 5.11 Å². The monoisotopic (exact) mass is 207 g/mol. The van der Waals surface area contributed by atoms with Crippen LogP contribution in [0.2, 0.25) is 0 Å². The van der Waals surface area contributed by atoms with Crippen molar-refractivity contribution in [2.75, 3.05) is 13.2 Å². The van der Waals surface area contributed by atoms with Gasteiger partial charge in [0, 0.05) is 12.1 Å². The van der Waals surface area contributed by atoms with E-state index in [9.17, 15) is 0 Å². The standard InChI is InChI=1S/C13H21NO/c1-11(9-14-13(2,3)10-15)12-7-5-4-6-8-12/h4-8,11,14-15H,9-10H2,1-3H3. The molecule has 1 rings (SSSR count). The van der Waals surface area contributed by atoms with E-state index < -0.39 is 0 Å². The highest BCUT2D eigenvalue weighted by molar-refractivity contribution is 5.19. The average molecular weight is 207 g/mol. The lowest BCUT2D eigenvalue weighted by Gasteiger charge is -2.25. The number of hydrogen-bond donors (Lipinski definition) is 2. The van der Waals surface area contributed by atoms with Crippen LogP contribution in [0.5, 0.6) is 0 Å². The first-order valence-electron chi connectivity index (χ1n) is 5.46. The molecule has 2 N–H and O–H groups in total. The van der Waals surface area contributed by atoms with Crippen molar-refractivity contribution >= 4 is 0 Å². The predicted molar refractivity (Wildman–Crippen MR) is 64.0 cm³/mol. The number of nitrogens with one attached hydrogen (secondary N) is 1. The summed E-state index contributed by atoms with van der Waals surface area (Å²) in [6, 6.07) is 10.4. The fourth-order valence-corrected chi connectivity index (χ4v) is 1.38. The number of rotatable bonds is 5. The molecule has 0 radical (unpaired) electrons. The molecule has 0 amide bonds. The molecule has 0 spiro atoms. The lowest BCUT2D eigenvalue weighted by molar-refractivity contribution is 0.187. The molecule has 0 bridgehead atoms. The van der Waals surface area contributed by atoms with Crippen LogP contribution in [0.15, 0.2) is 30.3 Å². The summed E-state index contributed by atoms with van der Waals surface area (Å²) in [6.45, 7) is 7.25. The Morgan fingerprint density at radius 3 is 2.40 bits per heavy atom. The minimum absolute atomic E-state index is 0.161. The van der Waals surface area contributed by atoms with Crippen molar-refractivity contribution in [1.29, 1.82) is 0 Å². The van der Waals surface area contributed by atoms with Crippen molar-refractivity contribution in [3.8, 4) is 0 Å². The molecule has 1 aromatic carbocycles. The van der Waals surface area contributed by atoms with E-state index in [0.29, 0.717) is 5.92 Å². The highest BCUT2D eigenvalue weighted by Crippen LogP contribution is 2.14. The fourth-order valence-electron chi connectivity index (χ4n) is 1.38. The number of aliphatic hydroxyl groups excluding tert-OH is 1. The van der Waals surface area contributed by atoms with Crippen molar-refractivity contribution in [2.45, 2.75) is 32.2 Å². The molecule has 0 saturated heterocycles. The van der Waals surface area contributed by atoms with Gasteiger partial charge in [-0.2, -0.15) is 0 Å². The summed E-state index contributed by atoms with van der Waals surface area (Å²) >= 11 is 0. The average Bonchev–Trinajstić information content (AvgIpc) is 2.27. The van der Waals surface area contributed by atoms with Gasteiger partial charge < -0.3 is 10.4 Å². The summed E-state index contributed by atoms with van der Waals surface area (Å²) in [6.07, 6.45) is 0. The molecular formula is C13H21NO. The fraction of sp³-hybridized carbons (Fsp3) is 0.538. The molecule has 0 fully saturated rings. The van der Waals surface area contributed by atoms with Crippen LogP contribution < -0.4 is 5.32 Å². The topological polar surface area (TPSA) is 32.3 Å². The maximum absolute atomic E-state index is 9.11. The van der Waals surface area contributed by atoms with Gasteiger partial charge in [0.25, 0.3) is 0 Å². The normalized spacial score (nSPS) is 13.9. The first-order valence-corrected chi connectivity index (χ1v) is 5.46. The van der Waals surface area contributed by atoms with E-state index in [1.54, 1.807) is 0 Å². The third-order valence-corrected chi connectivity index (χ3v) is 2.65. The van der Waals surface area contributed by atoms with E-state index >= 15 is 0 Å². The van der Waals surface area contributed by atoms with Gasteiger partial charge >= 0.3 is 0 Å². The van der Waals surface area contributed by atoms with Crippen LogP contribution in [0, 0.1) is 0 Å². The summed E-state index contributed by atoms with van der Waals surface area (Å²) in [5.74, 6) is 0.469. The smallest absolute Gasteiger partial charge is 0.0607 e. The van der Waals surface area contributed by atoms with Crippen LogP contribution in [0.4, 0.5) is 0 Å². The molecule has 2 heteroatoms. The van der Waals surface area contributed by atoms with Crippen LogP contribution in [0.1, 0.15) is 32.3 Å². The van der Waals surface area contributed by atoms with Gasteiger partial charge in [0.05, 0.1) is 6.61 Å². The second kappa shape index (κ2) is 5.29. The summed E-state index contributed by atoms with van der Waals surface area (Å²) in [5.41, 5.74) is 1.14. The molecule has 1 atom stereocenters. The minimum Gasteiger partial charge on any atom is -0.394 e. The van der Waals surface area contributed by atoms with E-state index in [-0.39, 0.29) is 12.1 Å². The van der Waals surface area contributed by atoms with Crippen LogP contribution in [0.25, 0.3) is 0 Å². The van der Waals surface area contributed by atoms with Crippen molar-refractivity contribution in [3.63, 3.8) is 0 Å². The van der Waals surface area contributed by atoms with Crippen molar-refractivity contribution in [2.24, 2.45) is 0 Å². The Morgan fingerprint density at radius 1 is 1.27 bits per heavy atom. The van der Waals surface area contributed by atoms with Gasteiger partial charge in [-0.05, 0) is 25.3 Å². The first-order chi connectivity index (χ1) is 7.05. The molecule has 84 valence electrons. The third-order valence-electron chi connectivity index (χ3n) is 2.65. The molecule has 1 unspecified atom stereocenters. The van der Waals surface area contributed by atoms with Gasteiger partial charge in [0.2, 0.25) is 0 Å². The maximum atomic E-state index is 9.11. The van der Waals surface area contributed by atoms with Gasteiger partial charge in [-0.25, -0.2) is 0 Å². The number of benzene rings is 1. The van der Waals surface area contributed by atoms with Crippen molar-refractivity contribution in [1.82, 2.24) is 5.32 Å². The van der Waals surface area contributed by atoms with Gasteiger partial charge in [0.15, 0.2) is 0 Å². The second-order valence-corrected chi connectivity index (χ2v) is 4.73. The Kier molecular flexibility index (Phi) is 4.30. The van der Waals surface area contributed by atoms with Crippen LogP contribution in [-0.4, -0.2) is 23.8 Å². The summed E-state index contributed by atoms with van der Waals surface area (Å²) in [4.78, 5) is 0. The quantitative estimate of drug-likeness (QED) is 0.775. The number of aliphatic hydroxyl groups is 1. The zero-order valence-corrected chi connectivity index (χ0v) is 9.83. The SMILES string of the molecule is CC(CNC(C)(C)CO)c1ccccc1. The lowest BCUT2D eigenvalue weighted by atomic mass is 9.99. The minimum atomic E-state index is -0.191. The molecule has 0 saturated carbocycles. The zero-order chi connectivity index (χ0) is 11.3. The Morgan fingerprint density at radius 2 is 1.87 bits per heavy atom. The Hall–Kier alpha value is -0.860. The van der Waals surface area contributed by atoms with Crippen LogP contribution in [-0.2, 0) is 0 Å². The molecule has 0 aliphatic carbocycles. The number of hydrogen-bond acceptors (Lipinski definition) is 2. The predicted octanol–water partition coefficient (Wildman–Crippen LogP) is 2.15. The van der Waals surface area contributed by atoms with Gasteiger partial charge in [0.1, 0.15) is 0 Å². The molecule has 0 heterocycles. The Bertz CT molecular complexity index is 282. The van der Waals surface area contributed by atoms with E-state index in [2.05, 4.69) is 36.5 Å². The van der Waals surface area contributed by atoms with Gasteiger partial charge in [-0.15, -0.1) is 0 Å². The molecule has 0 aliphatic rings.